The second-order valence-electron chi connectivity index (χ2n) is 6.01. The van der Waals surface area contributed by atoms with E-state index in [0.29, 0.717) is 11.1 Å². The third kappa shape index (κ3) is 3.34. The summed E-state index contributed by atoms with van der Waals surface area (Å²) in [5.74, 6) is -1.49. The molecule has 7 heteroatoms. The standard InChI is InChI=1S/C19H17N3O3S/c1-11-6-5-7-12(2)16(11)21-19(26)20-15(23)10-22-17(24)13-8-3-4-9-14(13)18(22)25/h3-9H,10H2,1-2H3,(H2,20,21,23,26). The van der Waals surface area contributed by atoms with Crippen LogP contribution in [-0.4, -0.2) is 34.3 Å². The van der Waals surface area contributed by atoms with E-state index >= 15 is 0 Å². The zero-order valence-electron chi connectivity index (χ0n) is 14.3. The van der Waals surface area contributed by atoms with E-state index in [9.17, 15) is 14.4 Å². The van der Waals surface area contributed by atoms with Crippen LogP contribution in [0.5, 0.6) is 0 Å². The summed E-state index contributed by atoms with van der Waals surface area (Å²) >= 11 is 5.17. The Morgan fingerprint density at radius 1 is 0.962 bits per heavy atom. The van der Waals surface area contributed by atoms with Gasteiger partial charge in [-0.25, -0.2) is 0 Å². The van der Waals surface area contributed by atoms with Crippen LogP contribution < -0.4 is 10.6 Å². The van der Waals surface area contributed by atoms with Crippen LogP contribution in [0.4, 0.5) is 5.69 Å². The quantitative estimate of drug-likeness (QED) is 0.643. The van der Waals surface area contributed by atoms with Crippen molar-refractivity contribution < 1.29 is 14.4 Å². The Balaban J connectivity index is 1.64. The summed E-state index contributed by atoms with van der Waals surface area (Å²) in [4.78, 5) is 37.7. The number of hydrogen-bond donors (Lipinski definition) is 2. The van der Waals surface area contributed by atoms with Gasteiger partial charge in [0.2, 0.25) is 5.91 Å². The van der Waals surface area contributed by atoms with Crippen molar-refractivity contribution in [2.24, 2.45) is 0 Å². The van der Waals surface area contributed by atoms with Gasteiger partial charge in [0.05, 0.1) is 11.1 Å². The lowest BCUT2D eigenvalue weighted by atomic mass is 10.1. The SMILES string of the molecule is Cc1cccc(C)c1NC(=S)NC(=O)CN1C(=O)c2ccccc2C1=O. The average molecular weight is 367 g/mol. The number of fused-ring (bicyclic) bond motifs is 1. The first-order chi connectivity index (χ1) is 12.4. The highest BCUT2D eigenvalue weighted by atomic mass is 32.1. The minimum atomic E-state index is -0.539. The molecule has 1 heterocycles. The van der Waals surface area contributed by atoms with Crippen LogP contribution in [0.15, 0.2) is 42.5 Å². The molecule has 1 aliphatic rings. The maximum atomic E-state index is 12.3. The van der Waals surface area contributed by atoms with Gasteiger partial charge in [0.15, 0.2) is 5.11 Å². The first-order valence-electron chi connectivity index (χ1n) is 8.00. The first-order valence-corrected chi connectivity index (χ1v) is 8.41. The number of carbonyl (C=O) groups excluding carboxylic acids is 3. The molecule has 0 aromatic heterocycles. The van der Waals surface area contributed by atoms with E-state index in [2.05, 4.69) is 10.6 Å². The molecule has 0 saturated carbocycles. The number of aryl methyl sites for hydroxylation is 2. The van der Waals surface area contributed by atoms with Crippen molar-refractivity contribution in [1.82, 2.24) is 10.2 Å². The number of carbonyl (C=O) groups is 3. The number of anilines is 1. The molecule has 2 N–H and O–H groups in total. The average Bonchev–Trinajstić information content (AvgIpc) is 2.84. The smallest absolute Gasteiger partial charge is 0.262 e. The number of para-hydroxylation sites is 1. The maximum Gasteiger partial charge on any atom is 0.262 e. The van der Waals surface area contributed by atoms with Gasteiger partial charge in [0, 0.05) is 5.69 Å². The van der Waals surface area contributed by atoms with Gasteiger partial charge >= 0.3 is 0 Å². The van der Waals surface area contributed by atoms with Crippen LogP contribution in [0.2, 0.25) is 0 Å². The number of rotatable bonds is 3. The Bertz CT molecular complexity index is 884. The summed E-state index contributed by atoms with van der Waals surface area (Å²) in [7, 11) is 0. The molecule has 0 spiro atoms. The number of benzene rings is 2. The zero-order valence-corrected chi connectivity index (χ0v) is 15.1. The van der Waals surface area contributed by atoms with Crippen molar-refractivity contribution in [3.8, 4) is 0 Å². The zero-order chi connectivity index (χ0) is 18.8. The fraction of sp³-hybridized carbons (Fsp3) is 0.158. The van der Waals surface area contributed by atoms with Crippen molar-refractivity contribution >= 4 is 40.7 Å². The highest BCUT2D eigenvalue weighted by molar-refractivity contribution is 7.80. The Morgan fingerprint density at radius 3 is 2.04 bits per heavy atom. The summed E-state index contributed by atoms with van der Waals surface area (Å²) in [6.07, 6.45) is 0. The van der Waals surface area contributed by atoms with Gasteiger partial charge in [0.25, 0.3) is 11.8 Å². The second-order valence-corrected chi connectivity index (χ2v) is 6.42. The Hall–Kier alpha value is -3.06. The highest BCUT2D eigenvalue weighted by Gasteiger charge is 2.36. The molecule has 1 aliphatic heterocycles. The highest BCUT2D eigenvalue weighted by Crippen LogP contribution is 2.22. The van der Waals surface area contributed by atoms with Crippen LogP contribution in [0.25, 0.3) is 0 Å². The van der Waals surface area contributed by atoms with Crippen molar-refractivity contribution in [2.75, 3.05) is 11.9 Å². The number of thiocarbonyl (C=S) groups is 1. The van der Waals surface area contributed by atoms with Gasteiger partial charge < -0.3 is 10.6 Å². The largest absolute Gasteiger partial charge is 0.332 e. The Morgan fingerprint density at radius 2 is 1.50 bits per heavy atom. The molecule has 2 aromatic carbocycles. The summed E-state index contributed by atoms with van der Waals surface area (Å²) in [6, 6.07) is 12.3. The Kier molecular flexibility index (Phi) is 4.81. The monoisotopic (exact) mass is 367 g/mol. The van der Waals surface area contributed by atoms with Gasteiger partial charge in [-0.15, -0.1) is 0 Å². The molecule has 0 radical (unpaired) electrons. The van der Waals surface area contributed by atoms with Gasteiger partial charge in [-0.2, -0.15) is 0 Å². The molecule has 0 aliphatic carbocycles. The summed E-state index contributed by atoms with van der Waals surface area (Å²) in [5, 5.41) is 5.61. The summed E-state index contributed by atoms with van der Waals surface area (Å²) < 4.78 is 0. The number of imide groups is 1. The van der Waals surface area contributed by atoms with Crippen LogP contribution in [0.3, 0.4) is 0 Å². The molecule has 2 aromatic rings. The van der Waals surface area contributed by atoms with Gasteiger partial charge in [-0.3, -0.25) is 19.3 Å². The molecule has 3 rings (SSSR count). The van der Waals surface area contributed by atoms with E-state index in [1.165, 1.54) is 0 Å². The second kappa shape index (κ2) is 7.05. The van der Waals surface area contributed by atoms with E-state index in [1.807, 2.05) is 32.0 Å². The first kappa shape index (κ1) is 17.8. The third-order valence-corrected chi connectivity index (χ3v) is 4.36. The lowest BCUT2D eigenvalue weighted by Gasteiger charge is -2.16. The minimum absolute atomic E-state index is 0.115. The molecule has 0 atom stereocenters. The summed E-state index contributed by atoms with van der Waals surface area (Å²) in [6.45, 7) is 3.47. The maximum absolute atomic E-state index is 12.3. The molecule has 3 amide bonds. The molecule has 6 nitrogen and oxygen atoms in total. The van der Waals surface area contributed by atoms with Crippen molar-refractivity contribution in [2.45, 2.75) is 13.8 Å². The van der Waals surface area contributed by atoms with Gasteiger partial charge in [-0.05, 0) is 49.3 Å². The Labute approximate surface area is 156 Å². The van der Waals surface area contributed by atoms with Gasteiger partial charge in [0.1, 0.15) is 6.54 Å². The number of nitrogens with one attached hydrogen (secondary N) is 2. The van der Waals surface area contributed by atoms with Crippen molar-refractivity contribution in [1.29, 1.82) is 0 Å². The van der Waals surface area contributed by atoms with Crippen LogP contribution in [0.1, 0.15) is 31.8 Å². The molecule has 26 heavy (non-hydrogen) atoms. The molecule has 132 valence electrons. The fourth-order valence-electron chi connectivity index (χ4n) is 2.85. The number of hydrogen-bond acceptors (Lipinski definition) is 4. The lowest BCUT2D eigenvalue weighted by molar-refractivity contribution is -0.120. The van der Waals surface area contributed by atoms with E-state index < -0.39 is 17.7 Å². The lowest BCUT2D eigenvalue weighted by Crippen LogP contribution is -2.43. The topological polar surface area (TPSA) is 78.5 Å². The molecule has 0 unspecified atom stereocenters. The fourth-order valence-corrected chi connectivity index (χ4v) is 3.06. The van der Waals surface area contributed by atoms with Crippen LogP contribution >= 0.6 is 12.2 Å². The van der Waals surface area contributed by atoms with Gasteiger partial charge in [-0.1, -0.05) is 30.3 Å². The molecular weight excluding hydrogens is 350 g/mol. The van der Waals surface area contributed by atoms with Crippen LogP contribution in [-0.2, 0) is 4.79 Å². The third-order valence-electron chi connectivity index (χ3n) is 4.15. The predicted octanol–water partition coefficient (Wildman–Crippen LogP) is 2.41. The summed E-state index contributed by atoms with van der Waals surface area (Å²) in [5.41, 5.74) is 3.41. The number of nitrogens with zero attached hydrogens (tertiary/aromatic N) is 1. The predicted molar refractivity (Wildman–Crippen MR) is 102 cm³/mol. The molecule has 0 bridgehead atoms. The van der Waals surface area contributed by atoms with E-state index in [-0.39, 0.29) is 11.7 Å². The molecule has 0 saturated heterocycles. The van der Waals surface area contributed by atoms with Crippen LogP contribution in [0, 0.1) is 13.8 Å². The van der Waals surface area contributed by atoms with E-state index in [4.69, 9.17) is 12.2 Å². The normalized spacial score (nSPS) is 12.8. The van der Waals surface area contributed by atoms with Crippen molar-refractivity contribution in [3.05, 3.63) is 64.7 Å². The minimum Gasteiger partial charge on any atom is -0.332 e. The van der Waals surface area contributed by atoms with E-state index in [1.54, 1.807) is 24.3 Å². The van der Waals surface area contributed by atoms with E-state index in [0.717, 1.165) is 21.7 Å². The molecule has 0 fully saturated rings. The molecular formula is C19H17N3O3S. The van der Waals surface area contributed by atoms with Crippen molar-refractivity contribution in [3.63, 3.8) is 0 Å². The number of amides is 3.